The first-order valence-electron chi connectivity index (χ1n) is 10.6. The summed E-state index contributed by atoms with van der Waals surface area (Å²) in [5, 5.41) is 3.44. The van der Waals surface area contributed by atoms with Crippen molar-refractivity contribution in [3.8, 4) is 11.6 Å². The Morgan fingerprint density at radius 2 is 2.06 bits per heavy atom. The first-order valence-corrected chi connectivity index (χ1v) is 10.9. The predicted octanol–water partition coefficient (Wildman–Crippen LogP) is 3.73. The summed E-state index contributed by atoms with van der Waals surface area (Å²) < 4.78 is 11.3. The lowest BCUT2D eigenvalue weighted by atomic mass is 10.1. The fourth-order valence-corrected chi connectivity index (χ4v) is 4.29. The number of carbonyl (C=O) groups excluding carboxylic acids is 2. The van der Waals surface area contributed by atoms with Crippen LogP contribution in [0.5, 0.6) is 11.6 Å². The number of nitrogens with zero attached hydrogens (tertiary/aromatic N) is 2. The van der Waals surface area contributed by atoms with Crippen molar-refractivity contribution < 1.29 is 19.1 Å². The molecule has 7 nitrogen and oxygen atoms in total. The van der Waals surface area contributed by atoms with Crippen LogP contribution in [0, 0.1) is 5.92 Å². The Bertz CT molecular complexity index is 962. The van der Waals surface area contributed by atoms with Crippen LogP contribution < -0.4 is 19.7 Å². The number of carbonyl (C=O) groups is 2. The van der Waals surface area contributed by atoms with E-state index < -0.39 is 5.92 Å². The number of hydrogen-bond acceptors (Lipinski definition) is 5. The second kappa shape index (κ2) is 9.56. The highest BCUT2D eigenvalue weighted by Crippen LogP contribution is 2.35. The molecule has 1 aromatic heterocycles. The molecule has 164 valence electrons. The number of hydrogen-bond donors (Lipinski definition) is 1. The molecular formula is C23H26ClN3O4. The van der Waals surface area contributed by atoms with Gasteiger partial charge in [0.2, 0.25) is 17.7 Å². The Kier molecular flexibility index (Phi) is 6.61. The van der Waals surface area contributed by atoms with Crippen LogP contribution >= 0.6 is 11.6 Å². The van der Waals surface area contributed by atoms with E-state index in [2.05, 4.69) is 10.3 Å². The zero-order chi connectivity index (χ0) is 21.8. The van der Waals surface area contributed by atoms with Crippen LogP contribution in [0.15, 0.2) is 36.5 Å². The summed E-state index contributed by atoms with van der Waals surface area (Å²) in [4.78, 5) is 31.1. The molecule has 4 rings (SSSR count). The smallest absolute Gasteiger partial charge is 0.227 e. The third-order valence-electron chi connectivity index (χ3n) is 5.78. The van der Waals surface area contributed by atoms with Gasteiger partial charge in [0.1, 0.15) is 11.9 Å². The highest BCUT2D eigenvalue weighted by molar-refractivity contribution is 6.31. The average Bonchev–Trinajstić information content (AvgIpc) is 3.42. The molecule has 1 atom stereocenters. The molecule has 2 fully saturated rings. The lowest BCUT2D eigenvalue weighted by Gasteiger charge is -2.20. The number of methoxy groups -OCH3 is 1. The molecule has 1 aliphatic carbocycles. The Morgan fingerprint density at radius 1 is 1.26 bits per heavy atom. The fourth-order valence-electron chi connectivity index (χ4n) is 4.13. The number of rotatable bonds is 7. The van der Waals surface area contributed by atoms with Gasteiger partial charge in [-0.25, -0.2) is 4.98 Å². The molecule has 1 saturated heterocycles. The molecule has 2 aliphatic rings. The number of ether oxygens (including phenoxy) is 2. The van der Waals surface area contributed by atoms with Crippen molar-refractivity contribution in [3.63, 3.8) is 0 Å². The molecular weight excluding hydrogens is 418 g/mol. The summed E-state index contributed by atoms with van der Waals surface area (Å²) in [6.07, 6.45) is 6.58. The monoisotopic (exact) mass is 443 g/mol. The number of aromatic nitrogens is 1. The standard InChI is InChI=1S/C23H26ClN3O4/c1-30-20-7-6-17(24)12-19(20)27-14-16(11-22(27)28)23(29)26-13-15-8-9-25-21(10-15)31-18-4-2-3-5-18/h6-10,12,16,18H,2-5,11,13-14H2,1H3,(H,26,29). The van der Waals surface area contributed by atoms with E-state index in [-0.39, 0.29) is 30.9 Å². The normalized spacial score (nSPS) is 19.0. The van der Waals surface area contributed by atoms with Gasteiger partial charge in [0.15, 0.2) is 0 Å². The Morgan fingerprint density at radius 3 is 2.84 bits per heavy atom. The molecule has 8 heteroatoms. The Hall–Kier alpha value is -2.80. The third-order valence-corrected chi connectivity index (χ3v) is 6.02. The molecule has 2 amide bonds. The van der Waals surface area contributed by atoms with Crippen LogP contribution in [-0.4, -0.2) is 36.6 Å². The number of halogens is 1. The molecule has 2 heterocycles. The minimum absolute atomic E-state index is 0.128. The highest BCUT2D eigenvalue weighted by Gasteiger charge is 2.36. The first kappa shape index (κ1) is 21.4. The van der Waals surface area contributed by atoms with Crippen LogP contribution in [0.4, 0.5) is 5.69 Å². The van der Waals surface area contributed by atoms with E-state index >= 15 is 0 Å². The van der Waals surface area contributed by atoms with Crippen molar-refractivity contribution >= 4 is 29.1 Å². The molecule has 1 N–H and O–H groups in total. The summed E-state index contributed by atoms with van der Waals surface area (Å²) in [6.45, 7) is 0.640. The average molecular weight is 444 g/mol. The van der Waals surface area contributed by atoms with Gasteiger partial charge in [-0.05, 0) is 55.5 Å². The largest absolute Gasteiger partial charge is 0.495 e. The van der Waals surface area contributed by atoms with Crippen molar-refractivity contribution in [1.29, 1.82) is 0 Å². The summed E-state index contributed by atoms with van der Waals surface area (Å²) in [6, 6.07) is 8.81. The van der Waals surface area contributed by atoms with Gasteiger partial charge in [0.25, 0.3) is 0 Å². The Labute approximate surface area is 186 Å². The van der Waals surface area contributed by atoms with Crippen LogP contribution in [0.1, 0.15) is 37.7 Å². The zero-order valence-corrected chi connectivity index (χ0v) is 18.2. The summed E-state index contributed by atoms with van der Waals surface area (Å²) >= 11 is 6.09. The zero-order valence-electron chi connectivity index (χ0n) is 17.5. The van der Waals surface area contributed by atoms with E-state index in [4.69, 9.17) is 21.1 Å². The second-order valence-corrected chi connectivity index (χ2v) is 8.40. The number of amides is 2. The molecule has 0 spiro atoms. The molecule has 0 radical (unpaired) electrons. The topological polar surface area (TPSA) is 80.8 Å². The van der Waals surface area contributed by atoms with Gasteiger partial charge in [-0.1, -0.05) is 11.6 Å². The first-order chi connectivity index (χ1) is 15.0. The molecule has 1 saturated carbocycles. The second-order valence-electron chi connectivity index (χ2n) is 7.97. The van der Waals surface area contributed by atoms with Crippen LogP contribution in [0.3, 0.4) is 0 Å². The highest BCUT2D eigenvalue weighted by atomic mass is 35.5. The van der Waals surface area contributed by atoms with Gasteiger partial charge in [-0.3, -0.25) is 9.59 Å². The van der Waals surface area contributed by atoms with Crippen LogP contribution in [0.25, 0.3) is 0 Å². The van der Waals surface area contributed by atoms with Crippen molar-refractivity contribution in [2.45, 2.75) is 44.8 Å². The number of anilines is 1. The van der Waals surface area contributed by atoms with Crippen molar-refractivity contribution in [3.05, 3.63) is 47.1 Å². The maximum absolute atomic E-state index is 12.7. The van der Waals surface area contributed by atoms with Crippen molar-refractivity contribution in [2.75, 3.05) is 18.6 Å². The summed E-state index contributed by atoms with van der Waals surface area (Å²) in [5.74, 6) is 0.412. The lowest BCUT2D eigenvalue weighted by molar-refractivity contribution is -0.126. The molecule has 1 aromatic carbocycles. The van der Waals surface area contributed by atoms with Crippen LogP contribution in [-0.2, 0) is 16.1 Å². The number of benzene rings is 1. The third kappa shape index (κ3) is 5.10. The van der Waals surface area contributed by atoms with E-state index in [1.807, 2.05) is 12.1 Å². The van der Waals surface area contributed by atoms with E-state index in [0.717, 1.165) is 18.4 Å². The van der Waals surface area contributed by atoms with Gasteiger partial charge >= 0.3 is 0 Å². The van der Waals surface area contributed by atoms with Gasteiger partial charge in [-0.2, -0.15) is 0 Å². The quantitative estimate of drug-likeness (QED) is 0.705. The minimum Gasteiger partial charge on any atom is -0.495 e. The molecule has 2 aromatic rings. The summed E-state index contributed by atoms with van der Waals surface area (Å²) in [7, 11) is 1.54. The summed E-state index contributed by atoms with van der Waals surface area (Å²) in [5.41, 5.74) is 1.49. The van der Waals surface area contributed by atoms with E-state index in [1.165, 1.54) is 20.0 Å². The lowest BCUT2D eigenvalue weighted by Crippen LogP contribution is -2.32. The minimum atomic E-state index is -0.438. The van der Waals surface area contributed by atoms with Crippen molar-refractivity contribution in [2.24, 2.45) is 5.92 Å². The molecule has 1 aliphatic heterocycles. The molecule has 1 unspecified atom stereocenters. The van der Waals surface area contributed by atoms with Gasteiger partial charge in [0.05, 0.1) is 18.7 Å². The van der Waals surface area contributed by atoms with E-state index in [0.29, 0.717) is 28.9 Å². The van der Waals surface area contributed by atoms with E-state index in [9.17, 15) is 9.59 Å². The van der Waals surface area contributed by atoms with Gasteiger partial charge in [-0.15, -0.1) is 0 Å². The number of pyridine rings is 1. The maximum Gasteiger partial charge on any atom is 0.227 e. The van der Waals surface area contributed by atoms with Gasteiger partial charge in [0, 0.05) is 36.8 Å². The van der Waals surface area contributed by atoms with Gasteiger partial charge < -0.3 is 19.7 Å². The van der Waals surface area contributed by atoms with E-state index in [1.54, 1.807) is 29.3 Å². The van der Waals surface area contributed by atoms with Crippen LogP contribution in [0.2, 0.25) is 5.02 Å². The van der Waals surface area contributed by atoms with Crippen molar-refractivity contribution in [1.82, 2.24) is 10.3 Å². The molecule has 0 bridgehead atoms. The predicted molar refractivity (Wildman–Crippen MR) is 117 cm³/mol. The number of nitrogens with one attached hydrogen (secondary N) is 1. The SMILES string of the molecule is COc1ccc(Cl)cc1N1CC(C(=O)NCc2ccnc(OC3CCCC3)c2)CC1=O. The Balaban J connectivity index is 1.35. The molecule has 31 heavy (non-hydrogen) atoms. The maximum atomic E-state index is 12.7. The fraction of sp³-hybridized carbons (Fsp3) is 0.435.